The maximum Gasteiger partial charge on any atom is 0.341 e. The Morgan fingerprint density at radius 2 is 2.12 bits per heavy atom. The molecule has 33 heavy (non-hydrogen) atoms. The maximum absolute atomic E-state index is 14.9. The SMILES string of the molecule is Cc1coc(NC(=O)C2CN(c3nc4c(cc3F)c(=O)c(C(=O)O)cn4-c3nccs3)C2)n1. The van der Waals surface area contributed by atoms with Crippen LogP contribution < -0.4 is 15.6 Å². The molecule has 0 atom stereocenters. The van der Waals surface area contributed by atoms with Gasteiger partial charge in [-0.2, -0.15) is 4.98 Å². The Labute approximate surface area is 188 Å². The molecule has 1 aliphatic heterocycles. The molecule has 1 fully saturated rings. The van der Waals surface area contributed by atoms with E-state index in [4.69, 9.17) is 4.42 Å². The standard InChI is InChI=1S/C20H15FN6O5S/c1-9-8-32-19(23-9)25-17(29)10-5-26(6-10)16-13(21)4-11-14(28)12(18(30)31)7-27(15(11)24-16)20-22-2-3-33-20/h2-4,7-8,10H,5-6H2,1H3,(H,30,31)(H,23,25,29). The zero-order valence-corrected chi connectivity index (χ0v) is 17.8. The number of carboxylic acid groups (broad SMARTS) is 1. The number of halogens is 1. The number of carbonyl (C=O) groups excluding carboxylic acids is 1. The summed E-state index contributed by atoms with van der Waals surface area (Å²) < 4.78 is 21.4. The van der Waals surface area contributed by atoms with E-state index in [0.717, 1.165) is 12.3 Å². The Bertz CT molecular complexity index is 1460. The summed E-state index contributed by atoms with van der Waals surface area (Å²) in [6, 6.07) is 1.06. The number of aryl methyl sites for hydroxylation is 1. The number of nitrogens with zero attached hydrogens (tertiary/aromatic N) is 5. The molecule has 0 radical (unpaired) electrons. The second-order valence-corrected chi connectivity index (χ2v) is 8.28. The number of carbonyl (C=O) groups is 2. The van der Waals surface area contributed by atoms with Crippen LogP contribution in [0.15, 0.2) is 39.3 Å². The molecule has 0 aliphatic carbocycles. The lowest BCUT2D eigenvalue weighted by molar-refractivity contribution is -0.120. The third-order valence-corrected chi connectivity index (χ3v) is 5.94. The third kappa shape index (κ3) is 3.61. The van der Waals surface area contributed by atoms with Crippen molar-refractivity contribution in [3.63, 3.8) is 0 Å². The molecule has 0 spiro atoms. The monoisotopic (exact) mass is 470 g/mol. The number of hydrogen-bond donors (Lipinski definition) is 2. The zero-order valence-electron chi connectivity index (χ0n) is 17.0. The lowest BCUT2D eigenvalue weighted by atomic mass is 9.99. The van der Waals surface area contributed by atoms with E-state index in [2.05, 4.69) is 20.3 Å². The molecule has 1 saturated heterocycles. The first kappa shape index (κ1) is 20.8. The van der Waals surface area contributed by atoms with Crippen LogP contribution in [-0.2, 0) is 4.79 Å². The Morgan fingerprint density at radius 1 is 1.33 bits per heavy atom. The number of rotatable bonds is 5. The summed E-state index contributed by atoms with van der Waals surface area (Å²) in [5.74, 6) is -3.04. The van der Waals surface area contributed by atoms with Gasteiger partial charge in [0.1, 0.15) is 11.8 Å². The molecule has 0 saturated carbocycles. The fourth-order valence-electron chi connectivity index (χ4n) is 3.51. The van der Waals surface area contributed by atoms with E-state index in [0.29, 0.717) is 10.8 Å². The van der Waals surface area contributed by atoms with Gasteiger partial charge >= 0.3 is 12.0 Å². The summed E-state index contributed by atoms with van der Waals surface area (Å²) in [5, 5.41) is 13.8. The minimum Gasteiger partial charge on any atom is -0.477 e. The number of pyridine rings is 2. The van der Waals surface area contributed by atoms with Crippen LogP contribution in [0.2, 0.25) is 0 Å². The smallest absolute Gasteiger partial charge is 0.341 e. The van der Waals surface area contributed by atoms with Crippen LogP contribution >= 0.6 is 11.3 Å². The molecule has 4 aromatic heterocycles. The summed E-state index contributed by atoms with van der Waals surface area (Å²) in [7, 11) is 0. The third-order valence-electron chi connectivity index (χ3n) is 5.17. The normalized spacial score (nSPS) is 13.8. The van der Waals surface area contributed by atoms with Crippen LogP contribution in [0.4, 0.5) is 16.2 Å². The first-order valence-electron chi connectivity index (χ1n) is 9.69. The second-order valence-electron chi connectivity index (χ2n) is 7.41. The second kappa shape index (κ2) is 7.78. The van der Waals surface area contributed by atoms with Gasteiger partial charge < -0.3 is 14.4 Å². The average Bonchev–Trinajstić information content (AvgIpc) is 3.40. The van der Waals surface area contributed by atoms with Crippen LogP contribution in [0.1, 0.15) is 16.1 Å². The van der Waals surface area contributed by atoms with E-state index >= 15 is 0 Å². The van der Waals surface area contributed by atoms with Crippen molar-refractivity contribution in [2.75, 3.05) is 23.3 Å². The van der Waals surface area contributed by atoms with Gasteiger partial charge in [-0.15, -0.1) is 11.3 Å². The van der Waals surface area contributed by atoms with E-state index in [1.165, 1.54) is 28.4 Å². The summed E-state index contributed by atoms with van der Waals surface area (Å²) in [6.07, 6.45) is 4.06. The van der Waals surface area contributed by atoms with Gasteiger partial charge in [0.15, 0.2) is 22.4 Å². The number of oxazole rings is 1. The molecule has 168 valence electrons. The van der Waals surface area contributed by atoms with Gasteiger partial charge in [0, 0.05) is 30.9 Å². The number of aromatic carboxylic acids is 1. The number of nitrogens with one attached hydrogen (secondary N) is 1. The first-order valence-corrected chi connectivity index (χ1v) is 10.6. The van der Waals surface area contributed by atoms with Crippen LogP contribution in [0.25, 0.3) is 16.2 Å². The van der Waals surface area contributed by atoms with Gasteiger partial charge in [-0.1, -0.05) is 0 Å². The van der Waals surface area contributed by atoms with Crippen LogP contribution in [0.5, 0.6) is 0 Å². The molecule has 11 nitrogen and oxygen atoms in total. The van der Waals surface area contributed by atoms with E-state index in [9.17, 15) is 23.9 Å². The Kier molecular flexibility index (Phi) is 4.89. The highest BCUT2D eigenvalue weighted by molar-refractivity contribution is 7.12. The molecule has 13 heteroatoms. The van der Waals surface area contributed by atoms with Crippen molar-refractivity contribution in [2.45, 2.75) is 6.92 Å². The number of fused-ring (bicyclic) bond motifs is 1. The van der Waals surface area contributed by atoms with E-state index in [1.54, 1.807) is 17.2 Å². The number of aromatic nitrogens is 4. The number of thiazole rings is 1. The number of hydrogen-bond acceptors (Lipinski definition) is 9. The minimum absolute atomic E-state index is 0.0497. The van der Waals surface area contributed by atoms with Gasteiger partial charge in [0.05, 0.1) is 17.0 Å². The molecular formula is C20H15FN6O5S. The lowest BCUT2D eigenvalue weighted by Gasteiger charge is -2.39. The van der Waals surface area contributed by atoms with Crippen LogP contribution in [0, 0.1) is 18.7 Å². The van der Waals surface area contributed by atoms with Gasteiger partial charge in [0.25, 0.3) is 0 Å². The molecule has 4 aromatic rings. The van der Waals surface area contributed by atoms with Gasteiger partial charge in [-0.25, -0.2) is 19.2 Å². The summed E-state index contributed by atoms with van der Waals surface area (Å²) in [4.78, 5) is 50.6. The Morgan fingerprint density at radius 3 is 2.76 bits per heavy atom. The molecular weight excluding hydrogens is 455 g/mol. The molecule has 1 aliphatic rings. The Hall–Kier alpha value is -4.13. The number of carboxylic acids is 1. The number of anilines is 2. The maximum atomic E-state index is 14.9. The molecule has 2 N–H and O–H groups in total. The van der Waals surface area contributed by atoms with Crippen molar-refractivity contribution in [1.29, 1.82) is 0 Å². The van der Waals surface area contributed by atoms with Gasteiger partial charge in [-0.05, 0) is 13.0 Å². The van der Waals surface area contributed by atoms with Crippen LogP contribution in [-0.4, -0.2) is 49.6 Å². The molecule has 1 amide bonds. The van der Waals surface area contributed by atoms with Crippen molar-refractivity contribution >= 4 is 46.1 Å². The summed E-state index contributed by atoms with van der Waals surface area (Å²) >= 11 is 1.20. The molecule has 0 aromatic carbocycles. The van der Waals surface area contributed by atoms with Crippen molar-refractivity contribution in [2.24, 2.45) is 5.92 Å². The zero-order chi connectivity index (χ0) is 23.3. The van der Waals surface area contributed by atoms with Gasteiger partial charge in [-0.3, -0.25) is 19.5 Å². The van der Waals surface area contributed by atoms with E-state index in [1.807, 2.05) is 0 Å². The van der Waals surface area contributed by atoms with Gasteiger partial charge in [0.2, 0.25) is 11.3 Å². The highest BCUT2D eigenvalue weighted by Crippen LogP contribution is 2.29. The summed E-state index contributed by atoms with van der Waals surface area (Å²) in [6.45, 7) is 2.11. The van der Waals surface area contributed by atoms with E-state index < -0.39 is 28.7 Å². The fourth-order valence-corrected chi connectivity index (χ4v) is 4.12. The first-order chi connectivity index (χ1) is 15.8. The van der Waals surface area contributed by atoms with Crippen molar-refractivity contribution < 1.29 is 23.5 Å². The predicted octanol–water partition coefficient (Wildman–Crippen LogP) is 2.05. The minimum atomic E-state index is -1.44. The van der Waals surface area contributed by atoms with Crippen LogP contribution in [0.3, 0.4) is 0 Å². The number of amides is 1. The molecule has 5 rings (SSSR count). The van der Waals surface area contributed by atoms with Crippen molar-refractivity contribution in [3.8, 4) is 5.13 Å². The highest BCUT2D eigenvalue weighted by Gasteiger charge is 2.36. The Balaban J connectivity index is 1.48. The quantitative estimate of drug-likeness (QED) is 0.448. The highest BCUT2D eigenvalue weighted by atomic mass is 32.1. The summed E-state index contributed by atoms with van der Waals surface area (Å²) in [5.41, 5.74) is -0.667. The largest absolute Gasteiger partial charge is 0.477 e. The lowest BCUT2D eigenvalue weighted by Crippen LogP contribution is -2.52. The van der Waals surface area contributed by atoms with Crippen molar-refractivity contribution in [3.05, 3.63) is 57.4 Å². The average molecular weight is 470 g/mol. The topological polar surface area (TPSA) is 143 Å². The molecule has 0 unspecified atom stereocenters. The molecule has 0 bridgehead atoms. The molecule has 5 heterocycles. The van der Waals surface area contributed by atoms with E-state index in [-0.39, 0.29) is 41.9 Å². The fraction of sp³-hybridized carbons (Fsp3) is 0.200. The predicted molar refractivity (Wildman–Crippen MR) is 116 cm³/mol. The van der Waals surface area contributed by atoms with Crippen molar-refractivity contribution in [1.82, 2.24) is 19.5 Å².